The monoisotopic (exact) mass is 263 g/mol. The van der Waals surface area contributed by atoms with Crippen molar-refractivity contribution < 1.29 is 13.5 Å². The van der Waals surface area contributed by atoms with Gasteiger partial charge in [-0.2, -0.15) is 0 Å². The SMILES string of the molecule is CNC(COc1ccc(F)cc1)c1ccccc1F. The highest BCUT2D eigenvalue weighted by atomic mass is 19.1. The Kier molecular flexibility index (Phi) is 4.47. The normalized spacial score (nSPS) is 12.2. The third kappa shape index (κ3) is 3.51. The fourth-order valence-corrected chi connectivity index (χ4v) is 1.80. The Hall–Kier alpha value is -1.94. The number of rotatable bonds is 5. The molecular weight excluding hydrogens is 248 g/mol. The van der Waals surface area contributed by atoms with Crippen molar-refractivity contribution in [1.29, 1.82) is 0 Å². The summed E-state index contributed by atoms with van der Waals surface area (Å²) in [5.74, 6) is -0.0332. The predicted molar refractivity (Wildman–Crippen MR) is 70.1 cm³/mol. The first-order valence-electron chi connectivity index (χ1n) is 6.01. The van der Waals surface area contributed by atoms with Crippen molar-refractivity contribution in [2.24, 2.45) is 0 Å². The topological polar surface area (TPSA) is 21.3 Å². The van der Waals surface area contributed by atoms with E-state index in [1.807, 2.05) is 0 Å². The largest absolute Gasteiger partial charge is 0.492 e. The van der Waals surface area contributed by atoms with E-state index in [-0.39, 0.29) is 24.3 Å². The second kappa shape index (κ2) is 6.29. The Morgan fingerprint density at radius 1 is 1.05 bits per heavy atom. The number of likely N-dealkylation sites (N-methyl/N-ethyl adjacent to an activating group) is 1. The van der Waals surface area contributed by atoms with Gasteiger partial charge in [0, 0.05) is 5.56 Å². The Bertz CT molecular complexity index is 528. The third-order valence-corrected chi connectivity index (χ3v) is 2.86. The molecule has 1 unspecified atom stereocenters. The molecule has 4 heteroatoms. The van der Waals surface area contributed by atoms with Crippen LogP contribution in [0.1, 0.15) is 11.6 Å². The van der Waals surface area contributed by atoms with Crippen molar-refractivity contribution in [2.75, 3.05) is 13.7 Å². The summed E-state index contributed by atoms with van der Waals surface area (Å²) >= 11 is 0. The molecule has 2 aromatic carbocycles. The van der Waals surface area contributed by atoms with Gasteiger partial charge in [0.05, 0.1) is 6.04 Å². The van der Waals surface area contributed by atoms with E-state index in [9.17, 15) is 8.78 Å². The van der Waals surface area contributed by atoms with E-state index in [4.69, 9.17) is 4.74 Å². The molecule has 0 aliphatic heterocycles. The second-order valence-corrected chi connectivity index (χ2v) is 4.13. The molecule has 2 nitrogen and oxygen atoms in total. The van der Waals surface area contributed by atoms with Crippen LogP contribution in [-0.4, -0.2) is 13.7 Å². The minimum atomic E-state index is -0.313. The lowest BCUT2D eigenvalue weighted by Crippen LogP contribution is -2.24. The summed E-state index contributed by atoms with van der Waals surface area (Å²) in [6.45, 7) is 0.267. The summed E-state index contributed by atoms with van der Waals surface area (Å²) in [5.41, 5.74) is 0.548. The van der Waals surface area contributed by atoms with Crippen LogP contribution in [0.2, 0.25) is 0 Å². The smallest absolute Gasteiger partial charge is 0.128 e. The van der Waals surface area contributed by atoms with Crippen LogP contribution in [0.5, 0.6) is 5.75 Å². The molecule has 0 aliphatic rings. The zero-order valence-corrected chi connectivity index (χ0v) is 10.6. The number of benzene rings is 2. The molecule has 2 aromatic rings. The molecule has 2 rings (SSSR count). The summed E-state index contributed by atoms with van der Waals surface area (Å²) in [7, 11) is 1.74. The second-order valence-electron chi connectivity index (χ2n) is 4.13. The van der Waals surface area contributed by atoms with E-state index in [1.54, 1.807) is 37.4 Å². The van der Waals surface area contributed by atoms with E-state index >= 15 is 0 Å². The van der Waals surface area contributed by atoms with Gasteiger partial charge in [-0.25, -0.2) is 8.78 Å². The average Bonchev–Trinajstić information content (AvgIpc) is 2.43. The van der Waals surface area contributed by atoms with E-state index in [0.29, 0.717) is 11.3 Å². The van der Waals surface area contributed by atoms with Crippen LogP contribution in [0, 0.1) is 11.6 Å². The molecule has 0 bridgehead atoms. The van der Waals surface area contributed by atoms with Gasteiger partial charge in [0.25, 0.3) is 0 Å². The molecular formula is C15H15F2NO. The summed E-state index contributed by atoms with van der Waals surface area (Å²) in [5, 5.41) is 3.00. The number of ether oxygens (including phenoxy) is 1. The van der Waals surface area contributed by atoms with Crippen LogP contribution in [-0.2, 0) is 0 Å². The number of halogens is 2. The fourth-order valence-electron chi connectivity index (χ4n) is 1.80. The van der Waals surface area contributed by atoms with Gasteiger partial charge in [-0.3, -0.25) is 0 Å². The maximum Gasteiger partial charge on any atom is 0.128 e. The van der Waals surface area contributed by atoms with Crippen LogP contribution in [0.25, 0.3) is 0 Å². The minimum Gasteiger partial charge on any atom is -0.492 e. The molecule has 1 N–H and O–H groups in total. The maximum atomic E-state index is 13.7. The van der Waals surface area contributed by atoms with Crippen molar-refractivity contribution >= 4 is 0 Å². The van der Waals surface area contributed by atoms with Gasteiger partial charge in [0.15, 0.2) is 0 Å². The van der Waals surface area contributed by atoms with Crippen LogP contribution in [0.4, 0.5) is 8.78 Å². The first-order valence-corrected chi connectivity index (χ1v) is 6.01. The highest BCUT2D eigenvalue weighted by Crippen LogP contribution is 2.19. The van der Waals surface area contributed by atoms with Gasteiger partial charge >= 0.3 is 0 Å². The maximum absolute atomic E-state index is 13.7. The first-order chi connectivity index (χ1) is 9.20. The van der Waals surface area contributed by atoms with Crippen LogP contribution < -0.4 is 10.1 Å². The Labute approximate surface area is 111 Å². The summed E-state index contributed by atoms with van der Waals surface area (Å²) in [4.78, 5) is 0. The average molecular weight is 263 g/mol. The zero-order chi connectivity index (χ0) is 13.7. The van der Waals surface area contributed by atoms with Gasteiger partial charge in [0.2, 0.25) is 0 Å². The van der Waals surface area contributed by atoms with Crippen molar-refractivity contribution in [3.05, 3.63) is 65.7 Å². The molecule has 0 aromatic heterocycles. The van der Waals surface area contributed by atoms with Crippen molar-refractivity contribution in [2.45, 2.75) is 6.04 Å². The summed E-state index contributed by atoms with van der Waals surface area (Å²) in [6.07, 6.45) is 0. The standard InChI is InChI=1S/C15H15F2NO/c1-18-15(13-4-2-3-5-14(13)17)10-19-12-8-6-11(16)7-9-12/h2-9,15,18H,10H2,1H3. The molecule has 0 amide bonds. The minimum absolute atomic E-state index is 0.258. The molecule has 0 heterocycles. The van der Waals surface area contributed by atoms with Gasteiger partial charge in [-0.05, 0) is 37.4 Å². The lowest BCUT2D eigenvalue weighted by atomic mass is 10.1. The lowest BCUT2D eigenvalue weighted by Gasteiger charge is -2.18. The highest BCUT2D eigenvalue weighted by molar-refractivity contribution is 5.24. The van der Waals surface area contributed by atoms with Crippen molar-refractivity contribution in [3.8, 4) is 5.75 Å². The number of hydrogen-bond donors (Lipinski definition) is 1. The van der Waals surface area contributed by atoms with Gasteiger partial charge < -0.3 is 10.1 Å². The molecule has 0 spiro atoms. The van der Waals surface area contributed by atoms with Gasteiger partial charge in [-0.15, -0.1) is 0 Å². The van der Waals surface area contributed by atoms with E-state index in [2.05, 4.69) is 5.32 Å². The van der Waals surface area contributed by atoms with Crippen LogP contribution in [0.3, 0.4) is 0 Å². The number of nitrogens with one attached hydrogen (secondary N) is 1. The van der Waals surface area contributed by atoms with Gasteiger partial charge in [-0.1, -0.05) is 18.2 Å². The Morgan fingerprint density at radius 3 is 2.37 bits per heavy atom. The molecule has 100 valence electrons. The van der Waals surface area contributed by atoms with Crippen molar-refractivity contribution in [3.63, 3.8) is 0 Å². The van der Waals surface area contributed by atoms with Gasteiger partial charge in [0.1, 0.15) is 24.0 Å². The fraction of sp³-hybridized carbons (Fsp3) is 0.200. The summed E-state index contributed by atoms with van der Waals surface area (Å²) < 4.78 is 31.9. The molecule has 1 atom stereocenters. The van der Waals surface area contributed by atoms with E-state index in [1.165, 1.54) is 18.2 Å². The first kappa shape index (κ1) is 13.5. The van der Waals surface area contributed by atoms with Crippen LogP contribution >= 0.6 is 0 Å². The molecule has 0 saturated carbocycles. The van der Waals surface area contributed by atoms with Crippen molar-refractivity contribution in [1.82, 2.24) is 5.32 Å². The lowest BCUT2D eigenvalue weighted by molar-refractivity contribution is 0.269. The van der Waals surface area contributed by atoms with E-state index in [0.717, 1.165) is 0 Å². The third-order valence-electron chi connectivity index (χ3n) is 2.86. The number of hydrogen-bond acceptors (Lipinski definition) is 2. The molecule has 0 fully saturated rings. The molecule has 0 aliphatic carbocycles. The Balaban J connectivity index is 2.04. The zero-order valence-electron chi connectivity index (χ0n) is 10.6. The van der Waals surface area contributed by atoms with E-state index < -0.39 is 0 Å². The quantitative estimate of drug-likeness (QED) is 0.893. The molecule has 19 heavy (non-hydrogen) atoms. The highest BCUT2D eigenvalue weighted by Gasteiger charge is 2.14. The predicted octanol–water partition coefficient (Wildman–Crippen LogP) is 3.30. The summed E-state index contributed by atoms with van der Waals surface area (Å²) in [6, 6.07) is 12.0. The van der Waals surface area contributed by atoms with Crippen LogP contribution in [0.15, 0.2) is 48.5 Å². The molecule has 0 saturated heterocycles. The molecule has 0 radical (unpaired) electrons. The Morgan fingerprint density at radius 2 is 1.74 bits per heavy atom.